The summed E-state index contributed by atoms with van der Waals surface area (Å²) in [4.78, 5) is 13.9. The Hall–Kier alpha value is -2.39. The number of benzene rings is 2. The van der Waals surface area contributed by atoms with Gasteiger partial charge >= 0.3 is 5.97 Å². The summed E-state index contributed by atoms with van der Waals surface area (Å²) in [6, 6.07) is 19.5. The molecule has 0 radical (unpaired) electrons. The number of thiophene rings is 1. The van der Waals surface area contributed by atoms with E-state index in [1.54, 1.807) is 11.3 Å². The van der Waals surface area contributed by atoms with E-state index in [2.05, 4.69) is 6.92 Å². The van der Waals surface area contributed by atoms with Gasteiger partial charge in [-0.2, -0.15) is 0 Å². The van der Waals surface area contributed by atoms with E-state index in [9.17, 15) is 4.79 Å². The SMILES string of the molecule is CCCCCc1ccccc1OC(=O)c1ccccc1-c1cccs1. The number of hydrogen-bond acceptors (Lipinski definition) is 3. The number of para-hydroxylation sites is 1. The molecule has 0 aliphatic rings. The van der Waals surface area contributed by atoms with Gasteiger partial charge < -0.3 is 4.74 Å². The summed E-state index contributed by atoms with van der Waals surface area (Å²) >= 11 is 1.62. The van der Waals surface area contributed by atoms with Crippen LogP contribution in [0.4, 0.5) is 0 Å². The highest BCUT2D eigenvalue weighted by atomic mass is 32.1. The van der Waals surface area contributed by atoms with Gasteiger partial charge in [-0.05, 0) is 42.0 Å². The Labute approximate surface area is 153 Å². The molecule has 0 amide bonds. The van der Waals surface area contributed by atoms with E-state index in [1.165, 1.54) is 12.8 Å². The van der Waals surface area contributed by atoms with Crippen molar-refractivity contribution in [1.82, 2.24) is 0 Å². The Bertz CT molecular complexity index is 822. The summed E-state index contributed by atoms with van der Waals surface area (Å²) in [6.07, 6.45) is 4.40. The molecule has 2 nitrogen and oxygen atoms in total. The second kappa shape index (κ2) is 8.63. The van der Waals surface area contributed by atoms with Crippen molar-refractivity contribution in [1.29, 1.82) is 0 Å². The Morgan fingerprint density at radius 3 is 2.56 bits per heavy atom. The van der Waals surface area contributed by atoms with Crippen molar-refractivity contribution in [3.05, 3.63) is 77.2 Å². The smallest absolute Gasteiger partial charge is 0.344 e. The van der Waals surface area contributed by atoms with Gasteiger partial charge in [0.25, 0.3) is 0 Å². The number of hydrogen-bond donors (Lipinski definition) is 0. The molecule has 2 aromatic carbocycles. The molecule has 0 bridgehead atoms. The zero-order valence-electron chi connectivity index (χ0n) is 14.4. The second-order valence-electron chi connectivity index (χ2n) is 5.98. The predicted octanol–water partition coefficient (Wildman–Crippen LogP) is 6.37. The first-order chi connectivity index (χ1) is 12.3. The molecule has 0 fully saturated rings. The Balaban J connectivity index is 1.82. The highest BCUT2D eigenvalue weighted by Gasteiger charge is 2.16. The number of carbonyl (C=O) groups is 1. The minimum Gasteiger partial charge on any atom is -0.423 e. The van der Waals surface area contributed by atoms with E-state index in [0.717, 1.165) is 28.8 Å². The molecule has 0 aliphatic carbocycles. The average molecular weight is 350 g/mol. The first kappa shape index (κ1) is 17.4. The van der Waals surface area contributed by atoms with Crippen molar-refractivity contribution in [3.8, 4) is 16.2 Å². The van der Waals surface area contributed by atoms with Gasteiger partial charge in [0.2, 0.25) is 0 Å². The molecule has 3 aromatic rings. The normalized spacial score (nSPS) is 10.6. The molecule has 0 unspecified atom stereocenters. The van der Waals surface area contributed by atoms with Crippen LogP contribution in [0.5, 0.6) is 5.75 Å². The third-order valence-electron chi connectivity index (χ3n) is 4.16. The molecule has 0 saturated carbocycles. The van der Waals surface area contributed by atoms with Crippen LogP contribution in [0.25, 0.3) is 10.4 Å². The van der Waals surface area contributed by atoms with Crippen molar-refractivity contribution in [2.75, 3.05) is 0 Å². The fourth-order valence-electron chi connectivity index (χ4n) is 2.84. The summed E-state index contributed by atoms with van der Waals surface area (Å²) in [5.74, 6) is 0.372. The van der Waals surface area contributed by atoms with Crippen LogP contribution in [0.1, 0.15) is 42.1 Å². The van der Waals surface area contributed by atoms with E-state index in [-0.39, 0.29) is 5.97 Å². The quantitative estimate of drug-likeness (QED) is 0.281. The van der Waals surface area contributed by atoms with Crippen LogP contribution in [0.2, 0.25) is 0 Å². The maximum atomic E-state index is 12.8. The van der Waals surface area contributed by atoms with E-state index < -0.39 is 0 Å². The monoisotopic (exact) mass is 350 g/mol. The van der Waals surface area contributed by atoms with Gasteiger partial charge in [-0.3, -0.25) is 0 Å². The van der Waals surface area contributed by atoms with E-state index in [1.807, 2.05) is 66.0 Å². The zero-order chi connectivity index (χ0) is 17.5. The second-order valence-corrected chi connectivity index (χ2v) is 6.92. The first-order valence-corrected chi connectivity index (χ1v) is 9.60. The lowest BCUT2D eigenvalue weighted by Gasteiger charge is -2.12. The molecule has 1 heterocycles. The molecule has 0 aliphatic heterocycles. The Kier molecular flexibility index (Phi) is 6.02. The molecule has 1 aromatic heterocycles. The van der Waals surface area contributed by atoms with E-state index >= 15 is 0 Å². The largest absolute Gasteiger partial charge is 0.423 e. The maximum Gasteiger partial charge on any atom is 0.344 e. The summed E-state index contributed by atoms with van der Waals surface area (Å²) in [7, 11) is 0. The molecule has 0 atom stereocenters. The third-order valence-corrected chi connectivity index (χ3v) is 5.06. The molecule has 0 spiro atoms. The number of carbonyl (C=O) groups excluding carboxylic acids is 1. The first-order valence-electron chi connectivity index (χ1n) is 8.72. The molecular formula is C22H22O2S. The van der Waals surface area contributed by atoms with Crippen molar-refractivity contribution in [2.24, 2.45) is 0 Å². The van der Waals surface area contributed by atoms with Crippen LogP contribution in [0.3, 0.4) is 0 Å². The van der Waals surface area contributed by atoms with Crippen molar-refractivity contribution in [3.63, 3.8) is 0 Å². The third kappa shape index (κ3) is 4.37. The number of rotatable bonds is 7. The van der Waals surface area contributed by atoms with Crippen molar-refractivity contribution >= 4 is 17.3 Å². The lowest BCUT2D eigenvalue weighted by Crippen LogP contribution is -2.11. The minimum absolute atomic E-state index is 0.299. The molecule has 128 valence electrons. The van der Waals surface area contributed by atoms with Crippen LogP contribution >= 0.6 is 11.3 Å². The molecule has 25 heavy (non-hydrogen) atoms. The van der Waals surface area contributed by atoms with Gasteiger partial charge in [0.1, 0.15) is 5.75 Å². The fourth-order valence-corrected chi connectivity index (χ4v) is 3.60. The van der Waals surface area contributed by atoms with Crippen LogP contribution in [0.15, 0.2) is 66.0 Å². The summed E-state index contributed by atoms with van der Waals surface area (Å²) in [5.41, 5.74) is 2.62. The minimum atomic E-state index is -0.299. The molecule has 3 heteroatoms. The molecular weight excluding hydrogens is 328 g/mol. The van der Waals surface area contributed by atoms with E-state index in [0.29, 0.717) is 11.3 Å². The number of ether oxygens (including phenoxy) is 1. The summed E-state index contributed by atoms with van der Waals surface area (Å²) in [6.45, 7) is 2.19. The van der Waals surface area contributed by atoms with Crippen LogP contribution in [0, 0.1) is 0 Å². The zero-order valence-corrected chi connectivity index (χ0v) is 15.2. The molecule has 0 N–H and O–H groups in total. The van der Waals surface area contributed by atoms with Gasteiger partial charge in [0.05, 0.1) is 5.56 Å². The lowest BCUT2D eigenvalue weighted by atomic mass is 10.1. The van der Waals surface area contributed by atoms with Crippen LogP contribution in [-0.2, 0) is 6.42 Å². The molecule has 3 rings (SSSR count). The summed E-state index contributed by atoms with van der Waals surface area (Å²) in [5, 5.41) is 2.01. The fraction of sp³-hybridized carbons (Fsp3) is 0.227. The lowest BCUT2D eigenvalue weighted by molar-refractivity contribution is 0.0734. The van der Waals surface area contributed by atoms with Crippen molar-refractivity contribution in [2.45, 2.75) is 32.6 Å². The topological polar surface area (TPSA) is 26.3 Å². The molecule has 0 saturated heterocycles. The van der Waals surface area contributed by atoms with Gasteiger partial charge in [-0.1, -0.05) is 62.2 Å². The standard InChI is InChI=1S/C22H22O2S/c1-2-3-4-10-17-11-5-8-14-20(17)24-22(23)19-13-7-6-12-18(19)21-15-9-16-25-21/h5-9,11-16H,2-4,10H2,1H3. The van der Waals surface area contributed by atoms with Gasteiger partial charge in [0, 0.05) is 10.4 Å². The highest BCUT2D eigenvalue weighted by molar-refractivity contribution is 7.13. The summed E-state index contributed by atoms with van der Waals surface area (Å²) < 4.78 is 5.77. The maximum absolute atomic E-state index is 12.8. The number of esters is 1. The predicted molar refractivity (Wildman–Crippen MR) is 104 cm³/mol. The average Bonchev–Trinajstić information content (AvgIpc) is 3.18. The van der Waals surface area contributed by atoms with Gasteiger partial charge in [-0.25, -0.2) is 4.79 Å². The van der Waals surface area contributed by atoms with E-state index in [4.69, 9.17) is 4.74 Å². The number of unbranched alkanes of at least 4 members (excludes halogenated alkanes) is 2. The Morgan fingerprint density at radius 2 is 1.76 bits per heavy atom. The van der Waals surface area contributed by atoms with Gasteiger partial charge in [0.15, 0.2) is 0 Å². The van der Waals surface area contributed by atoms with Crippen LogP contribution < -0.4 is 4.74 Å². The van der Waals surface area contributed by atoms with Crippen molar-refractivity contribution < 1.29 is 9.53 Å². The van der Waals surface area contributed by atoms with Gasteiger partial charge in [-0.15, -0.1) is 11.3 Å². The Morgan fingerprint density at radius 1 is 0.960 bits per heavy atom. The number of aryl methyl sites for hydroxylation is 1. The highest BCUT2D eigenvalue weighted by Crippen LogP contribution is 2.29. The van der Waals surface area contributed by atoms with Crippen LogP contribution in [-0.4, -0.2) is 5.97 Å².